The topological polar surface area (TPSA) is 69.0 Å². The number of carbonyl (C=O) groups is 1. The number of aromatic nitrogens is 3. The molecule has 0 radical (unpaired) electrons. The van der Waals surface area contributed by atoms with Crippen molar-refractivity contribution in [2.75, 3.05) is 13.2 Å². The molecule has 2 atom stereocenters. The predicted molar refractivity (Wildman–Crippen MR) is 76.3 cm³/mol. The minimum atomic E-state index is -0.0563. The molecule has 21 heavy (non-hydrogen) atoms. The molecular formula is C15H18N4O2. The van der Waals surface area contributed by atoms with Gasteiger partial charge in [0.1, 0.15) is 19.2 Å². The highest BCUT2D eigenvalue weighted by Crippen LogP contribution is 2.33. The summed E-state index contributed by atoms with van der Waals surface area (Å²) in [6.45, 7) is 1.56. The minimum absolute atomic E-state index is 0.0563. The lowest BCUT2D eigenvalue weighted by atomic mass is 9.95. The zero-order valence-corrected chi connectivity index (χ0v) is 11.7. The summed E-state index contributed by atoms with van der Waals surface area (Å²) in [6.07, 6.45) is 3.98. The van der Waals surface area contributed by atoms with Crippen LogP contribution in [-0.4, -0.2) is 33.8 Å². The van der Waals surface area contributed by atoms with Crippen LogP contribution in [-0.2, 0) is 16.1 Å². The average molecular weight is 286 g/mol. The largest absolute Gasteiger partial charge is 0.373 e. The molecule has 1 N–H and O–H groups in total. The van der Waals surface area contributed by atoms with E-state index < -0.39 is 0 Å². The molecule has 1 aliphatic heterocycles. The fraction of sp³-hybridized carbons (Fsp3) is 0.400. The van der Waals surface area contributed by atoms with E-state index in [0.717, 1.165) is 13.0 Å². The van der Waals surface area contributed by atoms with Crippen molar-refractivity contribution < 1.29 is 9.53 Å². The van der Waals surface area contributed by atoms with Crippen molar-refractivity contribution in [2.24, 2.45) is 5.92 Å². The lowest BCUT2D eigenvalue weighted by Gasteiger charge is -2.19. The number of benzene rings is 1. The monoisotopic (exact) mass is 286 g/mol. The van der Waals surface area contributed by atoms with E-state index in [1.165, 1.54) is 22.9 Å². The molecule has 0 bridgehead atoms. The highest BCUT2D eigenvalue weighted by Gasteiger charge is 2.29. The van der Waals surface area contributed by atoms with E-state index in [1.54, 1.807) is 0 Å². The van der Waals surface area contributed by atoms with Crippen molar-refractivity contribution in [2.45, 2.75) is 19.1 Å². The molecule has 0 spiro atoms. The average Bonchev–Trinajstić information content (AvgIpc) is 3.17. The van der Waals surface area contributed by atoms with Crippen molar-refractivity contribution in [1.29, 1.82) is 0 Å². The molecule has 2 heterocycles. The highest BCUT2D eigenvalue weighted by molar-refractivity contribution is 5.75. The van der Waals surface area contributed by atoms with Crippen molar-refractivity contribution in [1.82, 2.24) is 20.1 Å². The van der Waals surface area contributed by atoms with Crippen LogP contribution in [0.3, 0.4) is 0 Å². The van der Waals surface area contributed by atoms with E-state index in [-0.39, 0.29) is 18.6 Å². The number of amides is 1. The Morgan fingerprint density at radius 2 is 2.24 bits per heavy atom. The molecule has 0 saturated carbocycles. The first-order valence-electron chi connectivity index (χ1n) is 7.08. The Kier molecular flexibility index (Phi) is 4.25. The normalized spacial score (nSPS) is 21.3. The summed E-state index contributed by atoms with van der Waals surface area (Å²) >= 11 is 0. The van der Waals surface area contributed by atoms with Gasteiger partial charge in [0, 0.05) is 19.1 Å². The van der Waals surface area contributed by atoms with E-state index in [1.807, 2.05) is 18.2 Å². The summed E-state index contributed by atoms with van der Waals surface area (Å²) < 4.78 is 7.32. The maximum absolute atomic E-state index is 11.9. The van der Waals surface area contributed by atoms with Crippen molar-refractivity contribution in [3.8, 4) is 0 Å². The van der Waals surface area contributed by atoms with Crippen LogP contribution in [0.25, 0.3) is 0 Å². The molecule has 3 rings (SSSR count). The molecule has 1 aromatic carbocycles. The summed E-state index contributed by atoms with van der Waals surface area (Å²) in [6, 6.07) is 10.2. The molecule has 6 nitrogen and oxygen atoms in total. The molecule has 0 unspecified atom stereocenters. The van der Waals surface area contributed by atoms with Gasteiger partial charge in [-0.3, -0.25) is 4.79 Å². The lowest BCUT2D eigenvalue weighted by Crippen LogP contribution is -2.33. The van der Waals surface area contributed by atoms with E-state index >= 15 is 0 Å². The minimum Gasteiger partial charge on any atom is -0.373 e. The molecule has 110 valence electrons. The molecule has 1 aliphatic rings. The number of rotatable bonds is 5. The van der Waals surface area contributed by atoms with Crippen LogP contribution >= 0.6 is 0 Å². The van der Waals surface area contributed by atoms with Gasteiger partial charge in [-0.2, -0.15) is 5.10 Å². The fourth-order valence-electron chi connectivity index (χ4n) is 2.62. The zero-order chi connectivity index (χ0) is 14.5. The first-order chi connectivity index (χ1) is 10.3. The van der Waals surface area contributed by atoms with Crippen LogP contribution in [0.2, 0.25) is 0 Å². The van der Waals surface area contributed by atoms with Crippen LogP contribution in [0, 0.1) is 5.92 Å². The Hall–Kier alpha value is -2.21. The predicted octanol–water partition coefficient (Wildman–Crippen LogP) is 1.17. The summed E-state index contributed by atoms with van der Waals surface area (Å²) in [5.74, 6) is 0.256. The van der Waals surface area contributed by atoms with Crippen LogP contribution in [0.5, 0.6) is 0 Å². The van der Waals surface area contributed by atoms with Crippen molar-refractivity contribution >= 4 is 5.91 Å². The molecule has 1 fully saturated rings. The third-order valence-corrected chi connectivity index (χ3v) is 3.68. The van der Waals surface area contributed by atoms with Gasteiger partial charge in [0.2, 0.25) is 5.91 Å². The van der Waals surface area contributed by atoms with Gasteiger partial charge in [0.25, 0.3) is 0 Å². The van der Waals surface area contributed by atoms with E-state index in [4.69, 9.17) is 4.74 Å². The first-order valence-corrected chi connectivity index (χ1v) is 7.08. The van der Waals surface area contributed by atoms with Gasteiger partial charge < -0.3 is 10.1 Å². The van der Waals surface area contributed by atoms with Gasteiger partial charge in [0.05, 0.1) is 6.10 Å². The summed E-state index contributed by atoms with van der Waals surface area (Å²) in [5, 5.41) is 6.87. The lowest BCUT2D eigenvalue weighted by molar-refractivity contribution is -0.122. The second kappa shape index (κ2) is 6.49. The third-order valence-electron chi connectivity index (χ3n) is 3.68. The Balaban J connectivity index is 1.53. The van der Waals surface area contributed by atoms with E-state index in [0.29, 0.717) is 12.5 Å². The number of ether oxygens (including phenoxy) is 1. The van der Waals surface area contributed by atoms with Gasteiger partial charge >= 0.3 is 0 Å². The van der Waals surface area contributed by atoms with Crippen LogP contribution < -0.4 is 5.32 Å². The second-order valence-corrected chi connectivity index (χ2v) is 5.15. The van der Waals surface area contributed by atoms with E-state index in [9.17, 15) is 4.79 Å². The number of hydrogen-bond donors (Lipinski definition) is 1. The smallest absolute Gasteiger partial charge is 0.241 e. The van der Waals surface area contributed by atoms with E-state index in [2.05, 4.69) is 27.5 Å². The van der Waals surface area contributed by atoms with Gasteiger partial charge in [-0.25, -0.2) is 9.67 Å². The van der Waals surface area contributed by atoms with Crippen LogP contribution in [0.15, 0.2) is 43.0 Å². The Morgan fingerprint density at radius 1 is 1.38 bits per heavy atom. The van der Waals surface area contributed by atoms with Crippen LogP contribution in [0.1, 0.15) is 18.1 Å². The molecule has 6 heteroatoms. The number of hydrogen-bond acceptors (Lipinski definition) is 4. The van der Waals surface area contributed by atoms with Gasteiger partial charge in [-0.05, 0) is 12.0 Å². The molecule has 1 aromatic heterocycles. The van der Waals surface area contributed by atoms with Gasteiger partial charge in [0.15, 0.2) is 0 Å². The maximum Gasteiger partial charge on any atom is 0.241 e. The summed E-state index contributed by atoms with van der Waals surface area (Å²) in [7, 11) is 0. The number of carbonyl (C=O) groups excluding carboxylic acids is 1. The third kappa shape index (κ3) is 3.46. The molecule has 1 amide bonds. The SMILES string of the molecule is O=C(Cn1cncn1)NC[C@H]1CCO[C@@H]1c1ccccc1. The first kappa shape index (κ1) is 13.8. The number of nitrogens with zero attached hydrogens (tertiary/aromatic N) is 3. The molecular weight excluding hydrogens is 268 g/mol. The maximum atomic E-state index is 11.9. The number of nitrogens with one attached hydrogen (secondary N) is 1. The molecule has 2 aromatic rings. The Labute approximate surface area is 123 Å². The van der Waals surface area contributed by atoms with Crippen molar-refractivity contribution in [3.05, 3.63) is 48.5 Å². The molecule has 1 saturated heterocycles. The Bertz CT molecular complexity index is 571. The highest BCUT2D eigenvalue weighted by atomic mass is 16.5. The van der Waals surface area contributed by atoms with Gasteiger partial charge in [-0.1, -0.05) is 30.3 Å². The summed E-state index contributed by atoms with van der Waals surface area (Å²) in [5.41, 5.74) is 1.17. The van der Waals surface area contributed by atoms with Crippen molar-refractivity contribution in [3.63, 3.8) is 0 Å². The summed E-state index contributed by atoms with van der Waals surface area (Å²) in [4.78, 5) is 15.7. The van der Waals surface area contributed by atoms with Crippen LogP contribution in [0.4, 0.5) is 0 Å². The second-order valence-electron chi connectivity index (χ2n) is 5.15. The fourth-order valence-corrected chi connectivity index (χ4v) is 2.62. The standard InChI is InChI=1S/C15H18N4O2/c20-14(9-19-11-16-10-18-19)17-8-13-6-7-21-15(13)12-4-2-1-3-5-12/h1-5,10-11,13,15H,6-9H2,(H,17,20)/t13-,15-/m1/s1. The quantitative estimate of drug-likeness (QED) is 0.896. The zero-order valence-electron chi connectivity index (χ0n) is 11.7. The Morgan fingerprint density at radius 3 is 3.00 bits per heavy atom. The molecule has 0 aliphatic carbocycles. The van der Waals surface area contributed by atoms with Gasteiger partial charge in [-0.15, -0.1) is 0 Å².